The first-order valence-electron chi connectivity index (χ1n) is 6.71. The molecule has 0 aliphatic rings. The van der Waals surface area contributed by atoms with Crippen LogP contribution in [-0.4, -0.2) is 22.5 Å². The van der Waals surface area contributed by atoms with Crippen molar-refractivity contribution in [3.63, 3.8) is 0 Å². The molecule has 1 aromatic heterocycles. The molecule has 0 bridgehead atoms. The molecule has 0 radical (unpaired) electrons. The van der Waals surface area contributed by atoms with Gasteiger partial charge in [-0.25, -0.2) is 0 Å². The molecule has 1 amide bonds. The molecule has 8 nitrogen and oxygen atoms in total. The van der Waals surface area contributed by atoms with Gasteiger partial charge in [-0.1, -0.05) is 12.1 Å². The Bertz CT molecular complexity index is 813. The second-order valence-electron chi connectivity index (χ2n) is 4.73. The van der Waals surface area contributed by atoms with E-state index in [0.717, 1.165) is 16.7 Å². The van der Waals surface area contributed by atoms with Crippen LogP contribution >= 0.6 is 0 Å². The van der Waals surface area contributed by atoms with Gasteiger partial charge < -0.3 is 10.1 Å². The highest BCUT2D eigenvalue weighted by atomic mass is 16.6. The maximum atomic E-state index is 12.1. The summed E-state index contributed by atoms with van der Waals surface area (Å²) in [4.78, 5) is 34.3. The maximum Gasteiger partial charge on any atom is 0.288 e. The highest BCUT2D eigenvalue weighted by Crippen LogP contribution is 2.23. The second kappa shape index (κ2) is 6.73. The van der Waals surface area contributed by atoms with Crippen LogP contribution in [0.2, 0.25) is 0 Å². The Kier molecular flexibility index (Phi) is 4.75. The highest BCUT2D eigenvalue weighted by molar-refractivity contribution is 5.92. The summed E-state index contributed by atoms with van der Waals surface area (Å²) in [7, 11) is 1.47. The third kappa shape index (κ3) is 3.54. The fourth-order valence-corrected chi connectivity index (χ4v) is 2.14. The van der Waals surface area contributed by atoms with E-state index in [0.29, 0.717) is 11.4 Å². The molecular weight excluding hydrogens is 302 g/mol. The van der Waals surface area contributed by atoms with Crippen molar-refractivity contribution >= 4 is 17.3 Å². The lowest BCUT2D eigenvalue weighted by Gasteiger charge is -2.12. The summed E-state index contributed by atoms with van der Waals surface area (Å²) in [6.45, 7) is 1.10. The normalized spacial score (nSPS) is 10.2. The standard InChI is InChI=1S/C15H15N3O5/c1-10-12(18(21)22)7-8-15(20)17(10)9-14(19)16-11-5-3-4-6-13(11)23-2/h3-8H,9H2,1-2H3,(H,16,19). The molecule has 2 rings (SSSR count). The fourth-order valence-electron chi connectivity index (χ4n) is 2.14. The summed E-state index contributed by atoms with van der Waals surface area (Å²) in [5, 5.41) is 13.5. The number of carbonyl (C=O) groups is 1. The average molecular weight is 317 g/mol. The van der Waals surface area contributed by atoms with Crippen molar-refractivity contribution in [3.8, 4) is 5.75 Å². The molecular formula is C15H15N3O5. The molecule has 120 valence electrons. The molecule has 0 spiro atoms. The predicted octanol–water partition coefficient (Wildman–Crippen LogP) is 1.71. The van der Waals surface area contributed by atoms with Crippen molar-refractivity contribution in [1.29, 1.82) is 0 Å². The number of pyridine rings is 1. The molecule has 8 heteroatoms. The number of amides is 1. The van der Waals surface area contributed by atoms with E-state index in [1.54, 1.807) is 24.3 Å². The average Bonchev–Trinajstić information content (AvgIpc) is 2.51. The second-order valence-corrected chi connectivity index (χ2v) is 4.73. The van der Waals surface area contributed by atoms with Crippen molar-refractivity contribution in [3.05, 3.63) is 62.6 Å². The molecule has 0 fully saturated rings. The van der Waals surface area contributed by atoms with Crippen LogP contribution in [0.1, 0.15) is 5.69 Å². The van der Waals surface area contributed by atoms with Gasteiger partial charge in [-0.2, -0.15) is 0 Å². The van der Waals surface area contributed by atoms with Crippen molar-refractivity contribution < 1.29 is 14.5 Å². The highest BCUT2D eigenvalue weighted by Gasteiger charge is 2.17. The van der Waals surface area contributed by atoms with Crippen LogP contribution in [0.5, 0.6) is 5.75 Å². The van der Waals surface area contributed by atoms with Crippen LogP contribution in [-0.2, 0) is 11.3 Å². The summed E-state index contributed by atoms with van der Waals surface area (Å²) in [6, 6.07) is 9.01. The Balaban J connectivity index is 2.26. The SMILES string of the molecule is COc1ccccc1NC(=O)Cn1c(C)c([N+](=O)[O-])ccc1=O. The number of methoxy groups -OCH3 is 1. The largest absolute Gasteiger partial charge is 0.495 e. The van der Waals surface area contributed by atoms with Gasteiger partial charge in [-0.3, -0.25) is 24.3 Å². The number of hydrogen-bond acceptors (Lipinski definition) is 5. The molecule has 1 N–H and O–H groups in total. The smallest absolute Gasteiger partial charge is 0.288 e. The first kappa shape index (κ1) is 16.2. The van der Waals surface area contributed by atoms with Crippen molar-refractivity contribution in [1.82, 2.24) is 4.57 Å². The van der Waals surface area contributed by atoms with Gasteiger partial charge >= 0.3 is 0 Å². The third-order valence-electron chi connectivity index (χ3n) is 3.30. The number of para-hydroxylation sites is 2. The number of benzene rings is 1. The summed E-state index contributed by atoms with van der Waals surface area (Å²) >= 11 is 0. The van der Waals surface area contributed by atoms with E-state index in [4.69, 9.17) is 4.74 Å². The molecule has 23 heavy (non-hydrogen) atoms. The van der Waals surface area contributed by atoms with E-state index in [1.807, 2.05) is 0 Å². The zero-order valence-electron chi connectivity index (χ0n) is 12.6. The van der Waals surface area contributed by atoms with Crippen LogP contribution in [0.3, 0.4) is 0 Å². The molecule has 0 atom stereocenters. The number of aromatic nitrogens is 1. The number of nitrogens with one attached hydrogen (secondary N) is 1. The topological polar surface area (TPSA) is 103 Å². The quantitative estimate of drug-likeness (QED) is 0.668. The minimum atomic E-state index is -0.594. The summed E-state index contributed by atoms with van der Waals surface area (Å²) in [6.07, 6.45) is 0. The van der Waals surface area contributed by atoms with Gasteiger partial charge in [0.15, 0.2) is 0 Å². The Morgan fingerprint density at radius 1 is 1.30 bits per heavy atom. The number of nitro groups is 1. The molecule has 0 saturated heterocycles. The molecule has 0 aliphatic heterocycles. The van der Waals surface area contributed by atoms with Crippen molar-refractivity contribution in [2.75, 3.05) is 12.4 Å². The van der Waals surface area contributed by atoms with E-state index in [-0.39, 0.29) is 17.9 Å². The third-order valence-corrected chi connectivity index (χ3v) is 3.30. The van der Waals surface area contributed by atoms with E-state index in [9.17, 15) is 19.7 Å². The zero-order chi connectivity index (χ0) is 17.0. The van der Waals surface area contributed by atoms with Crippen LogP contribution in [0.4, 0.5) is 11.4 Å². The minimum Gasteiger partial charge on any atom is -0.495 e. The van der Waals surface area contributed by atoms with Crippen LogP contribution in [0.15, 0.2) is 41.2 Å². The molecule has 2 aromatic rings. The number of anilines is 1. The molecule has 1 heterocycles. The number of carbonyl (C=O) groups excluding carboxylic acids is 1. The maximum absolute atomic E-state index is 12.1. The van der Waals surface area contributed by atoms with Gasteiger partial charge in [0.2, 0.25) is 5.91 Å². The Hall–Kier alpha value is -3.16. The van der Waals surface area contributed by atoms with Crippen LogP contribution in [0.25, 0.3) is 0 Å². The Labute approximate surface area is 131 Å². The first-order chi connectivity index (χ1) is 10.9. The van der Waals surface area contributed by atoms with Gasteiger partial charge in [0.05, 0.1) is 23.4 Å². The molecule has 0 aliphatic carbocycles. The lowest BCUT2D eigenvalue weighted by molar-refractivity contribution is -0.386. The fraction of sp³-hybridized carbons (Fsp3) is 0.200. The van der Waals surface area contributed by atoms with Gasteiger partial charge in [-0.05, 0) is 19.1 Å². The van der Waals surface area contributed by atoms with Crippen LogP contribution in [0, 0.1) is 17.0 Å². The molecule has 1 aromatic carbocycles. The van der Waals surface area contributed by atoms with Gasteiger partial charge in [0, 0.05) is 12.1 Å². The lowest BCUT2D eigenvalue weighted by Crippen LogP contribution is -2.29. The van der Waals surface area contributed by atoms with Gasteiger partial charge in [0.25, 0.3) is 11.2 Å². The first-order valence-corrected chi connectivity index (χ1v) is 6.71. The van der Waals surface area contributed by atoms with Gasteiger partial charge in [0.1, 0.15) is 12.3 Å². The molecule has 0 saturated carbocycles. The summed E-state index contributed by atoms with van der Waals surface area (Å²) < 4.78 is 6.18. The number of ether oxygens (including phenoxy) is 1. The number of nitrogens with zero attached hydrogens (tertiary/aromatic N) is 2. The van der Waals surface area contributed by atoms with E-state index < -0.39 is 16.4 Å². The Morgan fingerprint density at radius 3 is 2.65 bits per heavy atom. The monoisotopic (exact) mass is 317 g/mol. The Morgan fingerprint density at radius 2 is 2.00 bits per heavy atom. The number of rotatable bonds is 5. The predicted molar refractivity (Wildman–Crippen MR) is 83.7 cm³/mol. The summed E-state index contributed by atoms with van der Waals surface area (Å²) in [5.74, 6) is -0.0100. The van der Waals surface area contributed by atoms with Crippen LogP contribution < -0.4 is 15.6 Å². The van der Waals surface area contributed by atoms with Crippen molar-refractivity contribution in [2.45, 2.75) is 13.5 Å². The van der Waals surface area contributed by atoms with E-state index >= 15 is 0 Å². The van der Waals surface area contributed by atoms with E-state index in [1.165, 1.54) is 14.0 Å². The molecule has 0 unspecified atom stereocenters. The van der Waals surface area contributed by atoms with Gasteiger partial charge in [-0.15, -0.1) is 0 Å². The van der Waals surface area contributed by atoms with E-state index in [2.05, 4.69) is 5.32 Å². The number of hydrogen-bond donors (Lipinski definition) is 1. The van der Waals surface area contributed by atoms with Crippen molar-refractivity contribution in [2.24, 2.45) is 0 Å². The zero-order valence-corrected chi connectivity index (χ0v) is 12.6. The summed E-state index contributed by atoms with van der Waals surface area (Å²) in [5.41, 5.74) is -0.119. The minimum absolute atomic E-state index is 0.123. The lowest BCUT2D eigenvalue weighted by atomic mass is 10.2.